The first-order chi connectivity index (χ1) is 10.1. The summed E-state index contributed by atoms with van der Waals surface area (Å²) in [4.78, 5) is 23.4. The number of amides is 1. The minimum atomic E-state index is -0.153. The number of methoxy groups -OCH3 is 1. The van der Waals surface area contributed by atoms with Crippen LogP contribution in [0, 0.1) is 5.92 Å². The standard InChI is InChI=1S/C16H21NO4/c1-21-16(20)12-5-7-13(8-6-12)17-15(19)10-11-3-2-4-14(18)9-11/h2-4,9,12-13,18H,5-8,10H2,1H3,(H,17,19). The Balaban J connectivity index is 1.78. The molecule has 0 aliphatic heterocycles. The van der Waals surface area contributed by atoms with Gasteiger partial charge in [-0.15, -0.1) is 0 Å². The number of nitrogens with one attached hydrogen (secondary N) is 1. The maximum absolute atomic E-state index is 12.0. The van der Waals surface area contributed by atoms with E-state index < -0.39 is 0 Å². The van der Waals surface area contributed by atoms with Crippen molar-refractivity contribution in [2.24, 2.45) is 5.92 Å². The summed E-state index contributed by atoms with van der Waals surface area (Å²) in [5.74, 6) is -0.0743. The number of carbonyl (C=O) groups excluding carboxylic acids is 2. The molecule has 1 aliphatic rings. The Hall–Kier alpha value is -2.04. The van der Waals surface area contributed by atoms with Gasteiger partial charge in [-0.3, -0.25) is 9.59 Å². The number of phenols is 1. The molecular formula is C16H21NO4. The van der Waals surface area contributed by atoms with Crippen LogP contribution in [0.5, 0.6) is 5.75 Å². The number of aromatic hydroxyl groups is 1. The van der Waals surface area contributed by atoms with E-state index in [1.165, 1.54) is 7.11 Å². The van der Waals surface area contributed by atoms with E-state index >= 15 is 0 Å². The number of hydrogen-bond acceptors (Lipinski definition) is 4. The van der Waals surface area contributed by atoms with Crippen LogP contribution >= 0.6 is 0 Å². The Morgan fingerprint density at radius 3 is 2.62 bits per heavy atom. The van der Waals surface area contributed by atoms with Gasteiger partial charge in [-0.05, 0) is 43.4 Å². The predicted molar refractivity (Wildman–Crippen MR) is 77.7 cm³/mol. The molecule has 1 fully saturated rings. The van der Waals surface area contributed by atoms with E-state index in [1.807, 2.05) is 6.07 Å². The monoisotopic (exact) mass is 291 g/mol. The zero-order valence-electron chi connectivity index (χ0n) is 12.2. The van der Waals surface area contributed by atoms with Crippen LogP contribution < -0.4 is 5.32 Å². The largest absolute Gasteiger partial charge is 0.508 e. The summed E-state index contributed by atoms with van der Waals surface area (Å²) >= 11 is 0. The number of hydrogen-bond donors (Lipinski definition) is 2. The summed E-state index contributed by atoms with van der Waals surface area (Å²) in [6.07, 6.45) is 3.36. The second-order valence-corrected chi connectivity index (χ2v) is 5.49. The van der Waals surface area contributed by atoms with Gasteiger partial charge in [0.15, 0.2) is 0 Å². The molecule has 0 heterocycles. The first-order valence-electron chi connectivity index (χ1n) is 7.23. The molecular weight excluding hydrogens is 270 g/mol. The maximum Gasteiger partial charge on any atom is 0.308 e. The molecule has 1 aromatic rings. The van der Waals surface area contributed by atoms with Crippen molar-refractivity contribution in [2.75, 3.05) is 7.11 Å². The van der Waals surface area contributed by atoms with Crippen LogP contribution in [0.2, 0.25) is 0 Å². The highest BCUT2D eigenvalue weighted by molar-refractivity contribution is 5.79. The van der Waals surface area contributed by atoms with Crippen LogP contribution in [0.3, 0.4) is 0 Å². The summed E-state index contributed by atoms with van der Waals surface area (Å²) in [6.45, 7) is 0. The second-order valence-electron chi connectivity index (χ2n) is 5.49. The highest BCUT2D eigenvalue weighted by Crippen LogP contribution is 2.25. The summed E-state index contributed by atoms with van der Waals surface area (Å²) in [5.41, 5.74) is 0.788. The molecule has 1 aliphatic carbocycles. The Kier molecular flexibility index (Phi) is 5.20. The predicted octanol–water partition coefficient (Wildman–Crippen LogP) is 1.78. The fourth-order valence-corrected chi connectivity index (χ4v) is 2.77. The van der Waals surface area contributed by atoms with Crippen molar-refractivity contribution in [1.29, 1.82) is 0 Å². The average Bonchev–Trinajstić information content (AvgIpc) is 2.47. The van der Waals surface area contributed by atoms with Gasteiger partial charge in [0.25, 0.3) is 0 Å². The molecule has 1 saturated carbocycles. The molecule has 0 atom stereocenters. The van der Waals surface area contributed by atoms with Crippen molar-refractivity contribution < 1.29 is 19.4 Å². The van der Waals surface area contributed by atoms with Gasteiger partial charge in [-0.1, -0.05) is 12.1 Å². The summed E-state index contributed by atoms with van der Waals surface area (Å²) in [7, 11) is 1.41. The van der Waals surface area contributed by atoms with Gasteiger partial charge in [-0.2, -0.15) is 0 Å². The SMILES string of the molecule is COC(=O)C1CCC(NC(=O)Cc2cccc(O)c2)CC1. The van der Waals surface area contributed by atoms with Crippen LogP contribution in [0.4, 0.5) is 0 Å². The Bertz CT molecular complexity index is 507. The number of carbonyl (C=O) groups is 2. The van der Waals surface area contributed by atoms with Gasteiger partial charge in [0, 0.05) is 6.04 Å². The van der Waals surface area contributed by atoms with Crippen molar-refractivity contribution in [3.05, 3.63) is 29.8 Å². The van der Waals surface area contributed by atoms with Crippen LogP contribution in [0.1, 0.15) is 31.2 Å². The Morgan fingerprint density at radius 1 is 1.29 bits per heavy atom. The zero-order chi connectivity index (χ0) is 15.2. The topological polar surface area (TPSA) is 75.6 Å². The van der Waals surface area contributed by atoms with Crippen molar-refractivity contribution in [3.8, 4) is 5.75 Å². The third kappa shape index (κ3) is 4.48. The average molecular weight is 291 g/mol. The molecule has 0 bridgehead atoms. The van der Waals surface area contributed by atoms with Crippen LogP contribution in [0.25, 0.3) is 0 Å². The molecule has 5 nitrogen and oxygen atoms in total. The van der Waals surface area contributed by atoms with E-state index in [9.17, 15) is 14.7 Å². The van der Waals surface area contributed by atoms with Crippen molar-refractivity contribution in [2.45, 2.75) is 38.1 Å². The molecule has 1 amide bonds. The first kappa shape index (κ1) is 15.4. The quantitative estimate of drug-likeness (QED) is 0.829. The number of phenolic OH excluding ortho intramolecular Hbond substituents is 1. The molecule has 5 heteroatoms. The maximum atomic E-state index is 12.0. The Morgan fingerprint density at radius 2 is 2.00 bits per heavy atom. The van der Waals surface area contributed by atoms with Crippen LogP contribution in [-0.4, -0.2) is 30.1 Å². The van der Waals surface area contributed by atoms with Gasteiger partial charge in [0.05, 0.1) is 19.4 Å². The zero-order valence-corrected chi connectivity index (χ0v) is 12.2. The minimum absolute atomic E-state index is 0.0331. The minimum Gasteiger partial charge on any atom is -0.508 e. The lowest BCUT2D eigenvalue weighted by molar-refractivity contribution is -0.146. The van der Waals surface area contributed by atoms with E-state index in [4.69, 9.17) is 4.74 Å². The highest BCUT2D eigenvalue weighted by Gasteiger charge is 2.27. The van der Waals surface area contributed by atoms with Gasteiger partial charge in [0.2, 0.25) is 5.91 Å². The molecule has 21 heavy (non-hydrogen) atoms. The number of rotatable bonds is 4. The second kappa shape index (κ2) is 7.11. The fraction of sp³-hybridized carbons (Fsp3) is 0.500. The van der Waals surface area contributed by atoms with Crippen LogP contribution in [0.15, 0.2) is 24.3 Å². The number of ether oxygens (including phenoxy) is 1. The number of benzene rings is 1. The molecule has 0 unspecified atom stereocenters. The third-order valence-electron chi connectivity index (χ3n) is 3.90. The molecule has 0 spiro atoms. The first-order valence-corrected chi connectivity index (χ1v) is 7.23. The van der Waals surface area contributed by atoms with E-state index in [0.717, 1.165) is 31.2 Å². The van der Waals surface area contributed by atoms with E-state index in [1.54, 1.807) is 18.2 Å². The van der Waals surface area contributed by atoms with E-state index in [-0.39, 0.29) is 36.0 Å². The lowest BCUT2D eigenvalue weighted by Crippen LogP contribution is -2.39. The molecule has 0 saturated heterocycles. The molecule has 2 rings (SSSR count). The molecule has 2 N–H and O–H groups in total. The summed E-state index contributed by atoms with van der Waals surface area (Å²) in [5, 5.41) is 12.4. The molecule has 1 aromatic carbocycles. The lowest BCUT2D eigenvalue weighted by atomic mass is 9.86. The summed E-state index contributed by atoms with van der Waals surface area (Å²) in [6, 6.07) is 6.83. The normalized spacial score (nSPS) is 21.6. The highest BCUT2D eigenvalue weighted by atomic mass is 16.5. The van der Waals surface area contributed by atoms with Crippen molar-refractivity contribution in [1.82, 2.24) is 5.32 Å². The smallest absolute Gasteiger partial charge is 0.308 e. The Labute approximate surface area is 124 Å². The van der Waals surface area contributed by atoms with Gasteiger partial charge in [0.1, 0.15) is 5.75 Å². The van der Waals surface area contributed by atoms with E-state index in [0.29, 0.717) is 0 Å². The van der Waals surface area contributed by atoms with Crippen molar-refractivity contribution >= 4 is 11.9 Å². The molecule has 0 aromatic heterocycles. The van der Waals surface area contributed by atoms with Crippen molar-refractivity contribution in [3.63, 3.8) is 0 Å². The molecule has 0 radical (unpaired) electrons. The third-order valence-corrected chi connectivity index (χ3v) is 3.90. The summed E-state index contributed by atoms with van der Waals surface area (Å²) < 4.78 is 4.75. The lowest BCUT2D eigenvalue weighted by Gasteiger charge is -2.27. The van der Waals surface area contributed by atoms with Gasteiger partial charge in [-0.25, -0.2) is 0 Å². The van der Waals surface area contributed by atoms with E-state index in [2.05, 4.69) is 5.32 Å². The molecule has 114 valence electrons. The van der Waals surface area contributed by atoms with Crippen LogP contribution in [-0.2, 0) is 20.7 Å². The van der Waals surface area contributed by atoms with Gasteiger partial charge < -0.3 is 15.2 Å². The fourth-order valence-electron chi connectivity index (χ4n) is 2.77. The van der Waals surface area contributed by atoms with Gasteiger partial charge >= 0.3 is 5.97 Å². The number of esters is 1.